The van der Waals surface area contributed by atoms with Crippen molar-refractivity contribution in [3.05, 3.63) is 47.0 Å². The van der Waals surface area contributed by atoms with E-state index in [0.29, 0.717) is 23.2 Å². The van der Waals surface area contributed by atoms with Crippen molar-refractivity contribution in [2.24, 2.45) is 11.8 Å². The van der Waals surface area contributed by atoms with E-state index in [-0.39, 0.29) is 0 Å². The van der Waals surface area contributed by atoms with E-state index in [1.807, 2.05) is 0 Å². The van der Waals surface area contributed by atoms with Crippen molar-refractivity contribution in [2.75, 3.05) is 11.5 Å². The number of nitrogens with one attached hydrogen (secondary N) is 2. The molecule has 4 aromatic heterocycles. The molecule has 152 valence electrons. The summed E-state index contributed by atoms with van der Waals surface area (Å²) in [6.45, 7) is 4.71. The Kier molecular flexibility index (Phi) is 3.58. The summed E-state index contributed by atoms with van der Waals surface area (Å²) in [4.78, 5) is 16.3. The molecular weight excluding hydrogens is 372 g/mol. The first kappa shape index (κ1) is 17.6. The number of hydrogen-bond donors (Lipinski definition) is 4. The highest BCUT2D eigenvalue weighted by atomic mass is 14.9. The van der Waals surface area contributed by atoms with Crippen LogP contribution in [0.15, 0.2) is 24.5 Å². The van der Waals surface area contributed by atoms with Crippen LogP contribution in [0.1, 0.15) is 49.2 Å². The second-order valence-electron chi connectivity index (χ2n) is 8.99. The Morgan fingerprint density at radius 1 is 0.767 bits per heavy atom. The molecule has 2 unspecified atom stereocenters. The van der Waals surface area contributed by atoms with E-state index in [1.165, 1.54) is 33.7 Å². The largest absolute Gasteiger partial charge is 0.397 e. The predicted octanol–water partition coefficient (Wildman–Crippen LogP) is 4.68. The average Bonchev–Trinajstić information content (AvgIpc) is 3.27. The predicted molar refractivity (Wildman–Crippen MR) is 123 cm³/mol. The zero-order chi connectivity index (χ0) is 20.6. The van der Waals surface area contributed by atoms with Crippen LogP contribution < -0.4 is 11.5 Å². The number of pyridine rings is 2. The van der Waals surface area contributed by atoms with Gasteiger partial charge in [-0.3, -0.25) is 0 Å². The molecule has 0 amide bonds. The van der Waals surface area contributed by atoms with Crippen molar-refractivity contribution >= 4 is 44.6 Å². The first-order chi connectivity index (χ1) is 14.5. The van der Waals surface area contributed by atoms with Crippen LogP contribution in [0.25, 0.3) is 33.2 Å². The molecule has 0 saturated heterocycles. The van der Waals surface area contributed by atoms with Gasteiger partial charge in [-0.1, -0.05) is 13.8 Å². The summed E-state index contributed by atoms with van der Waals surface area (Å²) in [7, 11) is 0. The number of nitrogens with two attached hydrogens (primary N) is 2. The second kappa shape index (κ2) is 6.11. The van der Waals surface area contributed by atoms with Gasteiger partial charge in [0.1, 0.15) is 11.3 Å². The van der Waals surface area contributed by atoms with Crippen LogP contribution in [-0.2, 0) is 12.8 Å². The summed E-state index contributed by atoms with van der Waals surface area (Å²) in [5.41, 5.74) is 23.6. The van der Waals surface area contributed by atoms with Gasteiger partial charge in [-0.15, -0.1) is 0 Å². The van der Waals surface area contributed by atoms with Gasteiger partial charge in [0.2, 0.25) is 0 Å². The van der Waals surface area contributed by atoms with E-state index >= 15 is 0 Å². The molecule has 30 heavy (non-hydrogen) atoms. The van der Waals surface area contributed by atoms with Crippen LogP contribution in [0.3, 0.4) is 0 Å². The smallest absolute Gasteiger partial charge is 0.138 e. The van der Waals surface area contributed by atoms with E-state index in [2.05, 4.69) is 45.9 Å². The first-order valence-corrected chi connectivity index (χ1v) is 10.8. The quantitative estimate of drug-likeness (QED) is 0.345. The summed E-state index contributed by atoms with van der Waals surface area (Å²) in [5, 5.41) is 2.27. The van der Waals surface area contributed by atoms with Crippen molar-refractivity contribution in [3.63, 3.8) is 0 Å². The Balaban J connectivity index is 1.74. The van der Waals surface area contributed by atoms with Crippen LogP contribution in [0, 0.1) is 11.8 Å². The van der Waals surface area contributed by atoms with E-state index in [1.54, 1.807) is 12.4 Å². The molecule has 4 aromatic rings. The Morgan fingerprint density at radius 2 is 1.20 bits per heavy atom. The van der Waals surface area contributed by atoms with Crippen LogP contribution in [0.4, 0.5) is 11.4 Å². The molecular formula is C24H26N6. The fraction of sp³-hybridized carbons (Fsp3) is 0.333. The Bertz CT molecular complexity index is 1250. The molecule has 6 rings (SSSR count). The molecule has 0 saturated carbocycles. The maximum absolute atomic E-state index is 6.13. The molecule has 0 bridgehead atoms. The van der Waals surface area contributed by atoms with Crippen molar-refractivity contribution < 1.29 is 0 Å². The molecule has 2 atom stereocenters. The average molecular weight is 399 g/mol. The Morgan fingerprint density at radius 3 is 1.63 bits per heavy atom. The van der Waals surface area contributed by atoms with Gasteiger partial charge in [0.25, 0.3) is 0 Å². The third-order valence-electron chi connectivity index (χ3n) is 6.97. The molecule has 2 aliphatic rings. The van der Waals surface area contributed by atoms with Crippen LogP contribution in [0.2, 0.25) is 0 Å². The lowest BCUT2D eigenvalue weighted by Crippen LogP contribution is -2.17. The Hall–Kier alpha value is -3.28. The molecule has 0 fully saturated rings. The van der Waals surface area contributed by atoms with Crippen LogP contribution in [0.5, 0.6) is 0 Å². The van der Waals surface area contributed by atoms with Gasteiger partial charge in [0, 0.05) is 33.3 Å². The zero-order valence-corrected chi connectivity index (χ0v) is 17.3. The number of nitrogens with zero attached hydrogens (tertiary/aromatic N) is 2. The van der Waals surface area contributed by atoms with Crippen molar-refractivity contribution in [2.45, 2.75) is 39.5 Å². The maximum Gasteiger partial charge on any atom is 0.138 e. The molecule has 0 aromatic carbocycles. The lowest BCUT2D eigenvalue weighted by atomic mass is 9.72. The standard InChI is InChI=1S/C24H26N6/c1-11-3-5-17-21(15-7-13(25)9-27-23(15)29-17)19(11)20-12(2)4-6-18-22(20)16-8-14(26)10-28-24(16)30-18/h7-12H,3-6,25-26H2,1-2H3,(H,27,29)(H,28,30)/b20-19+. The molecule has 6 heteroatoms. The molecule has 6 N–H and O–H groups in total. The van der Waals surface area contributed by atoms with E-state index in [0.717, 1.165) is 47.8 Å². The maximum atomic E-state index is 6.13. The lowest BCUT2D eigenvalue weighted by Gasteiger charge is -2.32. The van der Waals surface area contributed by atoms with E-state index in [9.17, 15) is 0 Å². The number of rotatable bonds is 0. The summed E-state index contributed by atoms with van der Waals surface area (Å²) in [5.74, 6) is 0.917. The molecule has 2 aliphatic carbocycles. The third kappa shape index (κ3) is 2.36. The second-order valence-corrected chi connectivity index (χ2v) is 8.99. The highest BCUT2D eigenvalue weighted by molar-refractivity contribution is 6.08. The molecule has 0 spiro atoms. The fourth-order valence-electron chi connectivity index (χ4n) is 5.57. The number of aryl methyl sites for hydroxylation is 2. The number of aromatic nitrogens is 4. The zero-order valence-electron chi connectivity index (χ0n) is 17.3. The van der Waals surface area contributed by atoms with Gasteiger partial charge in [-0.2, -0.15) is 0 Å². The third-order valence-corrected chi connectivity index (χ3v) is 6.97. The molecule has 6 nitrogen and oxygen atoms in total. The summed E-state index contributed by atoms with van der Waals surface area (Å²) in [6.07, 6.45) is 7.78. The Labute approximate surface area is 174 Å². The minimum atomic E-state index is 0.459. The van der Waals surface area contributed by atoms with E-state index < -0.39 is 0 Å². The number of nitrogen functional groups attached to an aromatic ring is 2. The minimum absolute atomic E-state index is 0.459. The molecule has 0 aliphatic heterocycles. The van der Waals surface area contributed by atoms with Crippen molar-refractivity contribution in [1.29, 1.82) is 0 Å². The highest BCUT2D eigenvalue weighted by Crippen LogP contribution is 2.50. The highest BCUT2D eigenvalue weighted by Gasteiger charge is 2.34. The van der Waals surface area contributed by atoms with Gasteiger partial charge in [0.15, 0.2) is 0 Å². The first-order valence-electron chi connectivity index (χ1n) is 10.8. The van der Waals surface area contributed by atoms with Gasteiger partial charge in [-0.05, 0) is 60.8 Å². The van der Waals surface area contributed by atoms with Gasteiger partial charge < -0.3 is 21.4 Å². The summed E-state index contributed by atoms with van der Waals surface area (Å²) >= 11 is 0. The summed E-state index contributed by atoms with van der Waals surface area (Å²) < 4.78 is 0. The van der Waals surface area contributed by atoms with Gasteiger partial charge in [0.05, 0.1) is 23.8 Å². The summed E-state index contributed by atoms with van der Waals surface area (Å²) in [6, 6.07) is 4.14. The normalized spacial score (nSPS) is 23.7. The minimum Gasteiger partial charge on any atom is -0.397 e. The number of anilines is 2. The SMILES string of the molecule is CC1CCc2[nH]c3ncc(N)cc3c2/C1=C1/c2c([nH]c3ncc(N)cc23)CCC1C. The topological polar surface area (TPSA) is 109 Å². The van der Waals surface area contributed by atoms with Crippen LogP contribution >= 0.6 is 0 Å². The van der Waals surface area contributed by atoms with Gasteiger partial charge in [-0.25, -0.2) is 9.97 Å². The number of aromatic amines is 2. The van der Waals surface area contributed by atoms with Gasteiger partial charge >= 0.3 is 0 Å². The van der Waals surface area contributed by atoms with E-state index in [4.69, 9.17) is 11.5 Å². The van der Waals surface area contributed by atoms with Crippen molar-refractivity contribution in [1.82, 2.24) is 19.9 Å². The molecule has 4 heterocycles. The molecule has 0 radical (unpaired) electrons. The number of hydrogen-bond acceptors (Lipinski definition) is 4. The number of H-pyrrole nitrogens is 2. The number of fused-ring (bicyclic) bond motifs is 6. The fourth-order valence-corrected chi connectivity index (χ4v) is 5.57. The lowest BCUT2D eigenvalue weighted by molar-refractivity contribution is 0.610. The monoisotopic (exact) mass is 398 g/mol. The van der Waals surface area contributed by atoms with Crippen LogP contribution in [-0.4, -0.2) is 19.9 Å². The van der Waals surface area contributed by atoms with Crippen molar-refractivity contribution in [3.8, 4) is 0 Å². The number of allylic oxidation sites excluding steroid dienone is 2.